The number of hydrogen-bond donors (Lipinski definition) is 0. The van der Waals surface area contributed by atoms with E-state index in [0.29, 0.717) is 0 Å². The monoisotopic (exact) mass is 335 g/mol. The molecule has 0 aliphatic rings. The summed E-state index contributed by atoms with van der Waals surface area (Å²) >= 11 is 0. The van der Waals surface area contributed by atoms with Gasteiger partial charge in [0.05, 0.1) is 6.61 Å². The lowest BCUT2D eigenvalue weighted by molar-refractivity contribution is -0.162. The molecule has 0 fully saturated rings. The van der Waals surface area contributed by atoms with Gasteiger partial charge in [0.15, 0.2) is 0 Å². The van der Waals surface area contributed by atoms with Gasteiger partial charge in [0.2, 0.25) is 5.78 Å². The van der Waals surface area contributed by atoms with Crippen LogP contribution < -0.4 is 4.74 Å². The maximum atomic E-state index is 13.0. The number of ketones is 1. The summed E-state index contributed by atoms with van der Waals surface area (Å²) in [6.45, 7) is 4.71. The van der Waals surface area contributed by atoms with E-state index >= 15 is 0 Å². The van der Waals surface area contributed by atoms with E-state index in [1.807, 2.05) is 0 Å². The summed E-state index contributed by atoms with van der Waals surface area (Å²) in [4.78, 5) is 28.7. The molecule has 0 amide bonds. The standard InChI is InChI=1S/C16H18FN3O4/c1-4-23-15(22)16(2,3)13(21)14(20-10-18-9-19-20)24-12-7-5-11(17)6-8-12/h5-10,14H,4H2,1-3H3. The van der Waals surface area contributed by atoms with Crippen molar-refractivity contribution in [3.63, 3.8) is 0 Å². The van der Waals surface area contributed by atoms with E-state index < -0.39 is 29.2 Å². The Morgan fingerprint density at radius 2 is 1.96 bits per heavy atom. The van der Waals surface area contributed by atoms with Crippen LogP contribution in [-0.4, -0.2) is 33.1 Å². The second kappa shape index (κ2) is 7.20. The molecule has 1 unspecified atom stereocenters. The fourth-order valence-electron chi connectivity index (χ4n) is 1.93. The van der Waals surface area contributed by atoms with Crippen LogP contribution in [0.25, 0.3) is 0 Å². The molecule has 7 nitrogen and oxygen atoms in total. The molecule has 0 saturated heterocycles. The zero-order valence-electron chi connectivity index (χ0n) is 13.6. The van der Waals surface area contributed by atoms with Gasteiger partial charge in [0.1, 0.15) is 29.6 Å². The fourth-order valence-corrected chi connectivity index (χ4v) is 1.93. The summed E-state index contributed by atoms with van der Waals surface area (Å²) in [5.74, 6) is -1.40. The number of halogens is 1. The Bertz CT molecular complexity index is 699. The molecule has 0 bridgehead atoms. The number of aromatic nitrogens is 3. The molecule has 0 radical (unpaired) electrons. The molecule has 0 saturated carbocycles. The number of hydrogen-bond acceptors (Lipinski definition) is 6. The number of benzene rings is 1. The minimum Gasteiger partial charge on any atom is -0.465 e. The third kappa shape index (κ3) is 3.76. The number of rotatable bonds is 7. The molecule has 8 heteroatoms. The van der Waals surface area contributed by atoms with Gasteiger partial charge in [-0.25, -0.2) is 14.1 Å². The van der Waals surface area contributed by atoms with Crippen LogP contribution in [0.1, 0.15) is 27.0 Å². The van der Waals surface area contributed by atoms with Crippen molar-refractivity contribution in [1.82, 2.24) is 14.8 Å². The number of Topliss-reactive ketones (excluding diaryl/α,β-unsaturated/α-hetero) is 1. The minimum absolute atomic E-state index is 0.155. The fraction of sp³-hybridized carbons (Fsp3) is 0.375. The average molecular weight is 335 g/mol. The van der Waals surface area contributed by atoms with Crippen molar-refractivity contribution >= 4 is 11.8 Å². The summed E-state index contributed by atoms with van der Waals surface area (Å²) in [7, 11) is 0. The van der Waals surface area contributed by atoms with Crippen LogP contribution >= 0.6 is 0 Å². The van der Waals surface area contributed by atoms with Gasteiger partial charge in [0.25, 0.3) is 6.23 Å². The zero-order valence-corrected chi connectivity index (χ0v) is 13.6. The van der Waals surface area contributed by atoms with Gasteiger partial charge < -0.3 is 9.47 Å². The van der Waals surface area contributed by atoms with E-state index in [9.17, 15) is 14.0 Å². The Kier molecular flexibility index (Phi) is 5.28. The zero-order chi connectivity index (χ0) is 17.7. The summed E-state index contributed by atoms with van der Waals surface area (Å²) in [5, 5.41) is 3.90. The molecule has 0 aliphatic carbocycles. The maximum absolute atomic E-state index is 13.0. The topological polar surface area (TPSA) is 83.3 Å². The lowest BCUT2D eigenvalue weighted by Crippen LogP contribution is -2.42. The first-order chi connectivity index (χ1) is 11.4. The SMILES string of the molecule is CCOC(=O)C(C)(C)C(=O)C(Oc1ccc(F)cc1)n1cncn1. The normalized spacial score (nSPS) is 12.5. The molecule has 1 aromatic carbocycles. The molecule has 0 N–H and O–H groups in total. The Balaban J connectivity index is 2.31. The lowest BCUT2D eigenvalue weighted by atomic mass is 9.87. The van der Waals surface area contributed by atoms with Crippen LogP contribution in [0.2, 0.25) is 0 Å². The Labute approximate surface area is 138 Å². The summed E-state index contributed by atoms with van der Waals surface area (Å²) in [5.41, 5.74) is -1.45. The molecule has 0 aliphatic heterocycles. The van der Waals surface area contributed by atoms with Gasteiger partial charge >= 0.3 is 5.97 Å². The van der Waals surface area contributed by atoms with E-state index in [1.165, 1.54) is 55.4 Å². The van der Waals surface area contributed by atoms with Crippen molar-refractivity contribution in [1.29, 1.82) is 0 Å². The summed E-state index contributed by atoms with van der Waals surface area (Å²) in [6, 6.07) is 5.16. The Hall–Kier alpha value is -2.77. The highest BCUT2D eigenvalue weighted by Gasteiger charge is 2.43. The molecule has 1 aromatic heterocycles. The molecular weight excluding hydrogens is 317 g/mol. The van der Waals surface area contributed by atoms with Crippen LogP contribution in [0.3, 0.4) is 0 Å². The van der Waals surface area contributed by atoms with E-state index in [4.69, 9.17) is 9.47 Å². The Morgan fingerprint density at radius 3 is 2.50 bits per heavy atom. The van der Waals surface area contributed by atoms with Crippen LogP contribution in [0.4, 0.5) is 4.39 Å². The van der Waals surface area contributed by atoms with Gasteiger partial charge in [-0.05, 0) is 45.0 Å². The summed E-state index contributed by atoms with van der Waals surface area (Å²) < 4.78 is 24.8. The van der Waals surface area contributed by atoms with E-state index in [0.717, 1.165) is 0 Å². The van der Waals surface area contributed by atoms with E-state index in [-0.39, 0.29) is 12.4 Å². The van der Waals surface area contributed by atoms with Crippen LogP contribution in [0, 0.1) is 11.2 Å². The van der Waals surface area contributed by atoms with Crippen molar-refractivity contribution in [2.24, 2.45) is 5.41 Å². The predicted octanol–water partition coefficient (Wildman–Crippen LogP) is 2.15. The third-order valence-corrected chi connectivity index (χ3v) is 3.36. The molecule has 128 valence electrons. The third-order valence-electron chi connectivity index (χ3n) is 3.36. The van der Waals surface area contributed by atoms with Crippen molar-refractivity contribution in [3.8, 4) is 5.75 Å². The molecule has 1 heterocycles. The van der Waals surface area contributed by atoms with Crippen LogP contribution in [0.5, 0.6) is 5.75 Å². The van der Waals surface area contributed by atoms with Crippen molar-refractivity contribution in [2.75, 3.05) is 6.61 Å². The van der Waals surface area contributed by atoms with Crippen LogP contribution in [-0.2, 0) is 14.3 Å². The van der Waals surface area contributed by atoms with Gasteiger partial charge in [-0.3, -0.25) is 9.59 Å². The van der Waals surface area contributed by atoms with Crippen LogP contribution in [0.15, 0.2) is 36.9 Å². The van der Waals surface area contributed by atoms with Gasteiger partial charge in [-0.2, -0.15) is 5.10 Å². The number of ether oxygens (including phenoxy) is 2. The van der Waals surface area contributed by atoms with E-state index in [1.54, 1.807) is 6.92 Å². The molecular formula is C16H18FN3O4. The molecule has 2 aromatic rings. The van der Waals surface area contributed by atoms with Gasteiger partial charge in [-0.1, -0.05) is 0 Å². The Morgan fingerprint density at radius 1 is 1.29 bits per heavy atom. The number of carbonyl (C=O) groups is 2. The van der Waals surface area contributed by atoms with Gasteiger partial charge in [-0.15, -0.1) is 0 Å². The maximum Gasteiger partial charge on any atom is 0.319 e. The van der Waals surface area contributed by atoms with E-state index in [2.05, 4.69) is 10.1 Å². The van der Waals surface area contributed by atoms with Crippen molar-refractivity contribution in [3.05, 3.63) is 42.7 Å². The molecule has 24 heavy (non-hydrogen) atoms. The molecule has 2 rings (SSSR count). The second-order valence-electron chi connectivity index (χ2n) is 5.51. The van der Waals surface area contributed by atoms with Crippen molar-refractivity contribution in [2.45, 2.75) is 27.0 Å². The predicted molar refractivity (Wildman–Crippen MR) is 81.5 cm³/mol. The largest absolute Gasteiger partial charge is 0.465 e. The quantitative estimate of drug-likeness (QED) is 0.569. The highest BCUT2D eigenvalue weighted by atomic mass is 19.1. The number of esters is 1. The number of carbonyl (C=O) groups excluding carboxylic acids is 2. The second-order valence-corrected chi connectivity index (χ2v) is 5.51. The number of nitrogens with zero attached hydrogens (tertiary/aromatic N) is 3. The van der Waals surface area contributed by atoms with Crippen molar-refractivity contribution < 1.29 is 23.5 Å². The first-order valence-electron chi connectivity index (χ1n) is 7.34. The summed E-state index contributed by atoms with van der Waals surface area (Å²) in [6.07, 6.45) is 1.30. The lowest BCUT2D eigenvalue weighted by Gasteiger charge is -2.26. The highest BCUT2D eigenvalue weighted by Crippen LogP contribution is 2.28. The average Bonchev–Trinajstić information content (AvgIpc) is 3.08. The van der Waals surface area contributed by atoms with Gasteiger partial charge in [0, 0.05) is 0 Å². The minimum atomic E-state index is -1.45. The first kappa shape index (κ1) is 17.6. The smallest absolute Gasteiger partial charge is 0.319 e. The molecule has 0 spiro atoms. The highest BCUT2D eigenvalue weighted by molar-refractivity contribution is 6.04. The first-order valence-corrected chi connectivity index (χ1v) is 7.34. The molecule has 1 atom stereocenters.